The smallest absolute Gasteiger partial charge is 0.0667 e. The standard InChI is InChI=1S/C11H26N2O2/c1-4-15-9-5-6-12-7-8-13-10-11(2)14-3/h11-13H,4-10H2,1-3H3. The molecule has 0 bridgehead atoms. The largest absolute Gasteiger partial charge is 0.382 e. The summed E-state index contributed by atoms with van der Waals surface area (Å²) in [5.74, 6) is 0. The molecule has 0 aliphatic carbocycles. The lowest BCUT2D eigenvalue weighted by molar-refractivity contribution is 0.117. The van der Waals surface area contributed by atoms with E-state index < -0.39 is 0 Å². The zero-order valence-electron chi connectivity index (χ0n) is 10.3. The molecule has 1 atom stereocenters. The van der Waals surface area contributed by atoms with E-state index in [0.717, 1.165) is 45.8 Å². The van der Waals surface area contributed by atoms with Gasteiger partial charge in [-0.2, -0.15) is 0 Å². The number of hydrogen-bond acceptors (Lipinski definition) is 4. The van der Waals surface area contributed by atoms with Gasteiger partial charge in [-0.1, -0.05) is 0 Å². The second-order valence-electron chi connectivity index (χ2n) is 3.55. The van der Waals surface area contributed by atoms with E-state index in [-0.39, 0.29) is 0 Å². The molecule has 0 aliphatic rings. The predicted octanol–water partition coefficient (Wildman–Crippen LogP) is 0.627. The first-order valence-electron chi connectivity index (χ1n) is 5.83. The Balaban J connectivity index is 2.92. The van der Waals surface area contributed by atoms with Gasteiger partial charge in [0.2, 0.25) is 0 Å². The van der Waals surface area contributed by atoms with Crippen molar-refractivity contribution in [1.29, 1.82) is 0 Å². The van der Waals surface area contributed by atoms with Crippen LogP contribution >= 0.6 is 0 Å². The minimum Gasteiger partial charge on any atom is -0.382 e. The van der Waals surface area contributed by atoms with Crippen molar-refractivity contribution in [3.8, 4) is 0 Å². The SMILES string of the molecule is CCOCCCNCCNCC(C)OC. The fourth-order valence-corrected chi connectivity index (χ4v) is 1.13. The normalized spacial score (nSPS) is 13.0. The van der Waals surface area contributed by atoms with Crippen molar-refractivity contribution in [2.45, 2.75) is 26.4 Å². The van der Waals surface area contributed by atoms with E-state index in [1.807, 2.05) is 6.92 Å². The first-order chi connectivity index (χ1) is 7.31. The summed E-state index contributed by atoms with van der Waals surface area (Å²) in [7, 11) is 1.73. The Kier molecular flexibility index (Phi) is 11.8. The summed E-state index contributed by atoms with van der Waals surface area (Å²) in [6, 6.07) is 0. The lowest BCUT2D eigenvalue weighted by atomic mass is 10.4. The molecular weight excluding hydrogens is 192 g/mol. The van der Waals surface area contributed by atoms with Crippen LogP contribution in [0.25, 0.3) is 0 Å². The monoisotopic (exact) mass is 218 g/mol. The van der Waals surface area contributed by atoms with Crippen LogP contribution in [0.3, 0.4) is 0 Å². The van der Waals surface area contributed by atoms with Crippen molar-refractivity contribution in [1.82, 2.24) is 10.6 Å². The maximum absolute atomic E-state index is 5.24. The van der Waals surface area contributed by atoms with E-state index >= 15 is 0 Å². The Morgan fingerprint density at radius 1 is 1.13 bits per heavy atom. The molecule has 0 aliphatic heterocycles. The van der Waals surface area contributed by atoms with Gasteiger partial charge in [0.25, 0.3) is 0 Å². The zero-order chi connectivity index (χ0) is 11.4. The summed E-state index contributed by atoms with van der Waals surface area (Å²) in [5.41, 5.74) is 0. The first-order valence-corrected chi connectivity index (χ1v) is 5.83. The van der Waals surface area contributed by atoms with Crippen molar-refractivity contribution < 1.29 is 9.47 Å². The molecule has 0 saturated carbocycles. The van der Waals surface area contributed by atoms with Crippen LogP contribution in [0.4, 0.5) is 0 Å². The van der Waals surface area contributed by atoms with Gasteiger partial charge >= 0.3 is 0 Å². The van der Waals surface area contributed by atoms with Crippen molar-refractivity contribution in [3.05, 3.63) is 0 Å². The predicted molar refractivity (Wildman–Crippen MR) is 63.3 cm³/mol. The summed E-state index contributed by atoms with van der Waals surface area (Å²) in [6.45, 7) is 9.69. The zero-order valence-corrected chi connectivity index (χ0v) is 10.3. The molecule has 0 saturated heterocycles. The number of methoxy groups -OCH3 is 1. The molecule has 0 aromatic carbocycles. The average molecular weight is 218 g/mol. The molecule has 15 heavy (non-hydrogen) atoms. The third-order valence-electron chi connectivity index (χ3n) is 2.16. The van der Waals surface area contributed by atoms with Crippen molar-refractivity contribution in [2.24, 2.45) is 0 Å². The third kappa shape index (κ3) is 11.8. The van der Waals surface area contributed by atoms with Gasteiger partial charge in [0.05, 0.1) is 6.10 Å². The van der Waals surface area contributed by atoms with E-state index in [4.69, 9.17) is 9.47 Å². The third-order valence-corrected chi connectivity index (χ3v) is 2.16. The topological polar surface area (TPSA) is 42.5 Å². The van der Waals surface area contributed by atoms with Gasteiger partial charge in [-0.3, -0.25) is 0 Å². The Hall–Kier alpha value is -0.160. The fraction of sp³-hybridized carbons (Fsp3) is 1.00. The molecule has 1 unspecified atom stereocenters. The fourth-order valence-electron chi connectivity index (χ4n) is 1.13. The molecule has 0 aromatic heterocycles. The van der Waals surface area contributed by atoms with Crippen molar-refractivity contribution >= 4 is 0 Å². The molecule has 0 spiro atoms. The van der Waals surface area contributed by atoms with E-state index in [9.17, 15) is 0 Å². The van der Waals surface area contributed by atoms with E-state index in [0.29, 0.717) is 6.10 Å². The Bertz CT molecular complexity index is 123. The maximum Gasteiger partial charge on any atom is 0.0667 e. The molecular formula is C11H26N2O2. The van der Waals surface area contributed by atoms with Crippen LogP contribution in [-0.4, -0.2) is 52.6 Å². The minimum absolute atomic E-state index is 0.294. The summed E-state index contributed by atoms with van der Waals surface area (Å²) in [4.78, 5) is 0. The number of hydrogen-bond donors (Lipinski definition) is 2. The van der Waals surface area contributed by atoms with Gasteiger partial charge in [-0.15, -0.1) is 0 Å². The molecule has 0 fully saturated rings. The van der Waals surface area contributed by atoms with Crippen LogP contribution < -0.4 is 10.6 Å². The molecule has 0 amide bonds. The van der Waals surface area contributed by atoms with Gasteiger partial charge in [0.1, 0.15) is 0 Å². The van der Waals surface area contributed by atoms with E-state index in [2.05, 4.69) is 17.6 Å². The number of rotatable bonds is 11. The lowest BCUT2D eigenvalue weighted by Crippen LogP contribution is -2.33. The number of nitrogens with one attached hydrogen (secondary N) is 2. The second kappa shape index (κ2) is 11.9. The highest BCUT2D eigenvalue weighted by Gasteiger charge is 1.96. The van der Waals surface area contributed by atoms with Crippen molar-refractivity contribution in [2.75, 3.05) is 46.5 Å². The Morgan fingerprint density at radius 2 is 1.87 bits per heavy atom. The van der Waals surface area contributed by atoms with Crippen LogP contribution in [0.5, 0.6) is 0 Å². The van der Waals surface area contributed by atoms with Crippen LogP contribution in [0, 0.1) is 0 Å². The molecule has 0 radical (unpaired) electrons. The second-order valence-corrected chi connectivity index (χ2v) is 3.55. The van der Waals surface area contributed by atoms with Gasteiger partial charge in [0.15, 0.2) is 0 Å². The highest BCUT2D eigenvalue weighted by molar-refractivity contribution is 4.56. The maximum atomic E-state index is 5.24. The number of ether oxygens (including phenoxy) is 2. The van der Waals surface area contributed by atoms with Gasteiger partial charge in [-0.25, -0.2) is 0 Å². The quantitative estimate of drug-likeness (QED) is 0.499. The summed E-state index contributed by atoms with van der Waals surface area (Å²) < 4.78 is 10.4. The summed E-state index contributed by atoms with van der Waals surface area (Å²) in [5, 5.41) is 6.67. The van der Waals surface area contributed by atoms with Gasteiger partial charge < -0.3 is 20.1 Å². The van der Waals surface area contributed by atoms with Gasteiger partial charge in [0, 0.05) is 40.0 Å². The van der Waals surface area contributed by atoms with Crippen LogP contribution in [-0.2, 0) is 9.47 Å². The highest BCUT2D eigenvalue weighted by atomic mass is 16.5. The first kappa shape index (κ1) is 14.8. The van der Waals surface area contributed by atoms with Crippen LogP contribution in [0.15, 0.2) is 0 Å². The molecule has 0 rings (SSSR count). The van der Waals surface area contributed by atoms with Crippen LogP contribution in [0.2, 0.25) is 0 Å². The molecule has 92 valence electrons. The molecule has 4 heteroatoms. The molecule has 4 nitrogen and oxygen atoms in total. The Morgan fingerprint density at radius 3 is 2.53 bits per heavy atom. The van der Waals surface area contributed by atoms with Gasteiger partial charge in [-0.05, 0) is 26.8 Å². The summed E-state index contributed by atoms with van der Waals surface area (Å²) >= 11 is 0. The molecule has 2 N–H and O–H groups in total. The minimum atomic E-state index is 0.294. The van der Waals surface area contributed by atoms with E-state index in [1.54, 1.807) is 7.11 Å². The van der Waals surface area contributed by atoms with Crippen LogP contribution in [0.1, 0.15) is 20.3 Å². The average Bonchev–Trinajstić information content (AvgIpc) is 2.26. The van der Waals surface area contributed by atoms with E-state index in [1.165, 1.54) is 0 Å². The van der Waals surface area contributed by atoms with Crippen molar-refractivity contribution in [3.63, 3.8) is 0 Å². The molecule has 0 aromatic rings. The highest BCUT2D eigenvalue weighted by Crippen LogP contribution is 1.82. The summed E-state index contributed by atoms with van der Waals surface area (Å²) in [6.07, 6.45) is 1.38. The molecule has 0 heterocycles. The lowest BCUT2D eigenvalue weighted by Gasteiger charge is -2.10. The Labute approximate surface area is 93.7 Å².